The number of allylic oxidation sites excluding steroid dienone is 1. The number of aliphatic hydroxyl groups is 1. The van der Waals surface area contributed by atoms with E-state index in [1.807, 2.05) is 0 Å². The van der Waals surface area contributed by atoms with Gasteiger partial charge in [-0.1, -0.05) is 45.3 Å². The topological polar surface area (TPSA) is 72.8 Å². The molecule has 22 heavy (non-hydrogen) atoms. The predicted molar refractivity (Wildman–Crippen MR) is 83.0 cm³/mol. The molecule has 0 aromatic carbocycles. The monoisotopic (exact) mass is 312 g/mol. The highest BCUT2D eigenvalue weighted by molar-refractivity contribution is 6.04. The largest absolute Gasteiger partial charge is 0.468 e. The third-order valence-corrected chi connectivity index (χ3v) is 4.59. The zero-order chi connectivity index (χ0) is 16.8. The standard InChI is InChI=1S/C17H28O5/c1-5-7-8-12(6-2)14(18)10-9-13-11-17(13,15(19)21-3)16(20)22-4/h9-10,12-14,18H,5-8,11H2,1-4H3/b10-9+. The first-order valence-electron chi connectivity index (χ1n) is 8.01. The molecule has 3 atom stereocenters. The van der Waals surface area contributed by atoms with Gasteiger partial charge in [-0.3, -0.25) is 9.59 Å². The Hall–Kier alpha value is -1.36. The van der Waals surface area contributed by atoms with Crippen molar-refractivity contribution < 1.29 is 24.2 Å². The van der Waals surface area contributed by atoms with Crippen LogP contribution in [0.1, 0.15) is 46.0 Å². The summed E-state index contributed by atoms with van der Waals surface area (Å²) >= 11 is 0. The summed E-state index contributed by atoms with van der Waals surface area (Å²) in [6.07, 6.45) is 7.35. The van der Waals surface area contributed by atoms with E-state index >= 15 is 0 Å². The van der Waals surface area contributed by atoms with Crippen molar-refractivity contribution in [2.45, 2.75) is 52.1 Å². The van der Waals surface area contributed by atoms with Gasteiger partial charge in [-0.2, -0.15) is 0 Å². The quantitative estimate of drug-likeness (QED) is 0.402. The minimum atomic E-state index is -1.22. The summed E-state index contributed by atoms with van der Waals surface area (Å²) in [5.41, 5.74) is -1.22. The van der Waals surface area contributed by atoms with Gasteiger partial charge in [0.25, 0.3) is 0 Å². The molecule has 1 aliphatic carbocycles. The molecule has 1 fully saturated rings. The van der Waals surface area contributed by atoms with Gasteiger partial charge in [-0.05, 0) is 18.8 Å². The lowest BCUT2D eigenvalue weighted by Gasteiger charge is -2.18. The number of carbonyl (C=O) groups is 2. The van der Waals surface area contributed by atoms with Gasteiger partial charge >= 0.3 is 11.9 Å². The number of unbranched alkanes of at least 4 members (excludes halogenated alkanes) is 1. The van der Waals surface area contributed by atoms with Crippen LogP contribution in [-0.2, 0) is 19.1 Å². The van der Waals surface area contributed by atoms with Gasteiger partial charge in [-0.15, -0.1) is 0 Å². The highest BCUT2D eigenvalue weighted by Gasteiger charge is 2.66. The van der Waals surface area contributed by atoms with E-state index in [1.165, 1.54) is 14.2 Å². The van der Waals surface area contributed by atoms with E-state index in [4.69, 9.17) is 9.47 Å². The van der Waals surface area contributed by atoms with Crippen molar-refractivity contribution in [2.24, 2.45) is 17.3 Å². The molecule has 0 aliphatic heterocycles. The SMILES string of the molecule is CCCCC(CC)C(O)/C=C/C1CC1(C(=O)OC)C(=O)OC. The van der Waals surface area contributed by atoms with Crippen LogP contribution in [0.2, 0.25) is 0 Å². The molecule has 1 N–H and O–H groups in total. The number of hydrogen-bond acceptors (Lipinski definition) is 5. The number of esters is 2. The van der Waals surface area contributed by atoms with Crippen LogP contribution in [0.25, 0.3) is 0 Å². The molecule has 0 radical (unpaired) electrons. The Bertz CT molecular complexity index is 399. The van der Waals surface area contributed by atoms with Crippen LogP contribution >= 0.6 is 0 Å². The highest BCUT2D eigenvalue weighted by atomic mass is 16.5. The molecule has 0 aromatic rings. The number of aliphatic hydroxyl groups excluding tert-OH is 1. The van der Waals surface area contributed by atoms with Gasteiger partial charge < -0.3 is 14.6 Å². The Morgan fingerprint density at radius 3 is 2.32 bits per heavy atom. The fraction of sp³-hybridized carbons (Fsp3) is 0.765. The lowest BCUT2D eigenvalue weighted by Crippen LogP contribution is -2.30. The average molecular weight is 312 g/mol. The van der Waals surface area contributed by atoms with Gasteiger partial charge in [-0.25, -0.2) is 0 Å². The molecule has 0 saturated heterocycles. The minimum Gasteiger partial charge on any atom is -0.468 e. The number of hydrogen-bond donors (Lipinski definition) is 1. The fourth-order valence-electron chi connectivity index (χ4n) is 2.93. The van der Waals surface area contributed by atoms with Crippen LogP contribution in [-0.4, -0.2) is 37.4 Å². The van der Waals surface area contributed by atoms with Crippen molar-refractivity contribution in [3.63, 3.8) is 0 Å². The second kappa shape index (κ2) is 8.32. The summed E-state index contributed by atoms with van der Waals surface area (Å²) in [5, 5.41) is 10.3. The highest BCUT2D eigenvalue weighted by Crippen LogP contribution is 2.55. The second-order valence-electron chi connectivity index (χ2n) is 5.95. The smallest absolute Gasteiger partial charge is 0.323 e. The van der Waals surface area contributed by atoms with E-state index in [2.05, 4.69) is 13.8 Å². The van der Waals surface area contributed by atoms with Crippen molar-refractivity contribution in [3.8, 4) is 0 Å². The molecule has 0 bridgehead atoms. The zero-order valence-electron chi connectivity index (χ0n) is 14.0. The number of methoxy groups -OCH3 is 2. The maximum atomic E-state index is 11.9. The minimum absolute atomic E-state index is 0.209. The summed E-state index contributed by atoms with van der Waals surface area (Å²) in [6, 6.07) is 0. The molecule has 0 spiro atoms. The lowest BCUT2D eigenvalue weighted by atomic mass is 9.92. The molecule has 1 rings (SSSR count). The van der Waals surface area contributed by atoms with Gasteiger partial charge in [0.05, 0.1) is 20.3 Å². The third-order valence-electron chi connectivity index (χ3n) is 4.59. The van der Waals surface area contributed by atoms with E-state index in [1.54, 1.807) is 12.2 Å². The van der Waals surface area contributed by atoms with Crippen LogP contribution in [0.4, 0.5) is 0 Å². The third kappa shape index (κ3) is 3.88. The normalized spacial score (nSPS) is 22.1. The number of rotatable bonds is 9. The van der Waals surface area contributed by atoms with Crippen LogP contribution in [0.5, 0.6) is 0 Å². The Kier molecular flexibility index (Phi) is 7.07. The number of carbonyl (C=O) groups excluding carboxylic acids is 2. The average Bonchev–Trinajstić information content (AvgIpc) is 3.27. The summed E-state index contributed by atoms with van der Waals surface area (Å²) in [4.78, 5) is 23.7. The van der Waals surface area contributed by atoms with Crippen molar-refractivity contribution >= 4 is 11.9 Å². The Balaban J connectivity index is 2.70. The summed E-state index contributed by atoms with van der Waals surface area (Å²) in [6.45, 7) is 4.18. The molecule has 5 nitrogen and oxygen atoms in total. The first kappa shape index (κ1) is 18.7. The molecule has 5 heteroatoms. The van der Waals surface area contributed by atoms with Crippen LogP contribution < -0.4 is 0 Å². The molecule has 0 amide bonds. The van der Waals surface area contributed by atoms with E-state index in [0.29, 0.717) is 6.42 Å². The summed E-state index contributed by atoms with van der Waals surface area (Å²) < 4.78 is 9.45. The maximum Gasteiger partial charge on any atom is 0.323 e. The van der Waals surface area contributed by atoms with Crippen molar-refractivity contribution in [1.82, 2.24) is 0 Å². The maximum absolute atomic E-state index is 11.9. The predicted octanol–water partition coefficient (Wildman–Crippen LogP) is 2.47. The Morgan fingerprint density at radius 1 is 1.27 bits per heavy atom. The zero-order valence-corrected chi connectivity index (χ0v) is 14.0. The molecular formula is C17H28O5. The molecule has 0 heterocycles. The van der Waals surface area contributed by atoms with Crippen molar-refractivity contribution in [3.05, 3.63) is 12.2 Å². The summed E-state index contributed by atoms with van der Waals surface area (Å²) in [7, 11) is 2.53. The second-order valence-corrected chi connectivity index (χ2v) is 5.95. The number of ether oxygens (including phenoxy) is 2. The first-order valence-corrected chi connectivity index (χ1v) is 8.01. The summed E-state index contributed by atoms with van der Waals surface area (Å²) in [5.74, 6) is -1.19. The molecule has 0 aromatic heterocycles. The van der Waals surface area contributed by atoms with Crippen LogP contribution in [0.3, 0.4) is 0 Å². The van der Waals surface area contributed by atoms with E-state index in [9.17, 15) is 14.7 Å². The van der Waals surface area contributed by atoms with Gasteiger partial charge in [0, 0.05) is 5.92 Å². The van der Waals surface area contributed by atoms with E-state index < -0.39 is 23.5 Å². The van der Waals surface area contributed by atoms with E-state index in [0.717, 1.165) is 25.7 Å². The van der Waals surface area contributed by atoms with Gasteiger partial charge in [0.1, 0.15) is 0 Å². The van der Waals surface area contributed by atoms with Crippen LogP contribution in [0.15, 0.2) is 12.2 Å². The first-order chi connectivity index (χ1) is 10.5. The van der Waals surface area contributed by atoms with Crippen molar-refractivity contribution in [2.75, 3.05) is 14.2 Å². The molecule has 1 saturated carbocycles. The Labute approximate surface area is 132 Å². The molecule has 1 aliphatic rings. The van der Waals surface area contributed by atoms with E-state index in [-0.39, 0.29) is 11.8 Å². The molecular weight excluding hydrogens is 284 g/mol. The van der Waals surface area contributed by atoms with Gasteiger partial charge in [0.2, 0.25) is 0 Å². The van der Waals surface area contributed by atoms with Crippen LogP contribution in [0, 0.1) is 17.3 Å². The van der Waals surface area contributed by atoms with Crippen molar-refractivity contribution in [1.29, 1.82) is 0 Å². The molecule has 126 valence electrons. The van der Waals surface area contributed by atoms with Gasteiger partial charge in [0.15, 0.2) is 5.41 Å². The Morgan fingerprint density at radius 2 is 1.86 bits per heavy atom. The fourth-order valence-corrected chi connectivity index (χ4v) is 2.93. The molecule has 3 unspecified atom stereocenters. The lowest BCUT2D eigenvalue weighted by molar-refractivity contribution is -0.161.